The second-order valence-corrected chi connectivity index (χ2v) is 12.6. The molecule has 0 unspecified atom stereocenters. The molecule has 7 heteroatoms. The van der Waals surface area contributed by atoms with Crippen LogP contribution >= 0.6 is 27.5 Å². The fourth-order valence-corrected chi connectivity index (χ4v) is 3.37. The van der Waals surface area contributed by atoms with Crippen molar-refractivity contribution in [3.63, 3.8) is 0 Å². The highest BCUT2D eigenvalue weighted by atomic mass is 79.9. The quantitative estimate of drug-likeness (QED) is 0.419. The molecule has 0 atom stereocenters. The summed E-state index contributed by atoms with van der Waals surface area (Å²) in [6, 6.07) is 2.78. The van der Waals surface area contributed by atoms with E-state index in [1.165, 1.54) is 0 Å². The Labute approximate surface area is 132 Å². The first kappa shape index (κ1) is 15.9. The van der Waals surface area contributed by atoms with Gasteiger partial charge in [-0.15, -0.1) is 0 Å². The summed E-state index contributed by atoms with van der Waals surface area (Å²) in [6.45, 7) is 7.97. The first-order valence-corrected chi connectivity index (χ1v) is 11.2. The minimum atomic E-state index is -1.10. The van der Waals surface area contributed by atoms with Crippen molar-refractivity contribution in [2.24, 2.45) is 0 Å². The third kappa shape index (κ3) is 3.61. The average molecular weight is 380 g/mol. The van der Waals surface area contributed by atoms with E-state index in [0.717, 1.165) is 6.04 Å². The van der Waals surface area contributed by atoms with E-state index in [4.69, 9.17) is 16.3 Å². The van der Waals surface area contributed by atoms with Gasteiger partial charge in [-0.2, -0.15) is 0 Å². The number of rotatable bonds is 5. The lowest BCUT2D eigenvalue weighted by molar-refractivity contribution is 0.0902. The third-order valence-electron chi connectivity index (χ3n) is 3.00. The molecule has 2 heterocycles. The Hall–Kier alpha value is -0.433. The fourth-order valence-electron chi connectivity index (χ4n) is 1.83. The smallest absolute Gasteiger partial charge is 0.165 e. The first-order chi connectivity index (χ1) is 9.29. The lowest BCUT2D eigenvalue weighted by Gasteiger charge is -2.16. The van der Waals surface area contributed by atoms with Gasteiger partial charge in [-0.05, 0) is 28.0 Å². The molecule has 0 bridgehead atoms. The largest absolute Gasteiger partial charge is 0.361 e. The monoisotopic (exact) mass is 378 g/mol. The first-order valence-electron chi connectivity index (χ1n) is 6.37. The summed E-state index contributed by atoms with van der Waals surface area (Å²) in [6.07, 6.45) is 1.77. The van der Waals surface area contributed by atoms with Crippen LogP contribution in [-0.2, 0) is 11.5 Å². The van der Waals surface area contributed by atoms with Gasteiger partial charge in [0.2, 0.25) is 0 Å². The number of pyridine rings is 1. The lowest BCUT2D eigenvalue weighted by atomic mass is 10.3. The van der Waals surface area contributed by atoms with Crippen molar-refractivity contribution in [2.45, 2.75) is 32.4 Å². The highest BCUT2D eigenvalue weighted by Crippen LogP contribution is 2.29. The van der Waals surface area contributed by atoms with Crippen LogP contribution in [0.1, 0.15) is 0 Å². The molecule has 2 aromatic rings. The van der Waals surface area contributed by atoms with E-state index in [-0.39, 0.29) is 9.76 Å². The Morgan fingerprint density at radius 1 is 1.45 bits per heavy atom. The topological polar surface area (TPSA) is 27.1 Å². The van der Waals surface area contributed by atoms with Crippen molar-refractivity contribution >= 4 is 46.5 Å². The molecule has 0 aromatic carbocycles. The number of ether oxygens (including phenoxy) is 1. The molecule has 0 spiro atoms. The molecule has 2 rings (SSSR count). The molecule has 3 nitrogen and oxygen atoms in total. The predicted octanol–water partition coefficient (Wildman–Crippen LogP) is 4.90. The van der Waals surface area contributed by atoms with E-state index in [0.29, 0.717) is 24.2 Å². The number of hydrogen-bond acceptors (Lipinski definition) is 2. The van der Waals surface area contributed by atoms with Gasteiger partial charge in [0.15, 0.2) is 11.0 Å². The molecular formula is C13H17BrClFN2OSi. The van der Waals surface area contributed by atoms with Gasteiger partial charge < -0.3 is 9.30 Å². The van der Waals surface area contributed by atoms with E-state index in [1.807, 2.05) is 0 Å². The molecule has 0 aliphatic rings. The van der Waals surface area contributed by atoms with Crippen LogP contribution in [0.3, 0.4) is 0 Å². The normalized spacial score (nSPS) is 12.3. The van der Waals surface area contributed by atoms with E-state index >= 15 is 0 Å². The van der Waals surface area contributed by atoms with Crippen LogP contribution in [0.25, 0.3) is 10.9 Å². The molecule has 0 amide bonds. The molecule has 0 aliphatic carbocycles. The third-order valence-corrected chi connectivity index (χ3v) is 5.49. The SMILES string of the molecule is C[Si](C)(C)CCOCn1ccc2c(F)c(Br)nc(Cl)c21. The van der Waals surface area contributed by atoms with Crippen molar-refractivity contribution in [3.05, 3.63) is 27.8 Å². The maximum atomic E-state index is 13.9. The summed E-state index contributed by atoms with van der Waals surface area (Å²) < 4.78 is 21.5. The zero-order valence-electron chi connectivity index (χ0n) is 11.7. The fraction of sp³-hybridized carbons (Fsp3) is 0.462. The molecule has 110 valence electrons. The van der Waals surface area contributed by atoms with Crippen molar-refractivity contribution < 1.29 is 9.13 Å². The summed E-state index contributed by atoms with van der Waals surface area (Å²) in [4.78, 5) is 3.94. The van der Waals surface area contributed by atoms with Gasteiger partial charge in [0.1, 0.15) is 11.3 Å². The van der Waals surface area contributed by atoms with Crippen molar-refractivity contribution in [1.29, 1.82) is 0 Å². The van der Waals surface area contributed by atoms with Crippen LogP contribution in [0.5, 0.6) is 0 Å². The Morgan fingerprint density at radius 3 is 2.80 bits per heavy atom. The zero-order valence-corrected chi connectivity index (χ0v) is 15.1. The summed E-state index contributed by atoms with van der Waals surface area (Å²) >= 11 is 9.14. The zero-order chi connectivity index (χ0) is 14.9. The number of hydrogen-bond donors (Lipinski definition) is 0. The molecule has 20 heavy (non-hydrogen) atoms. The van der Waals surface area contributed by atoms with Gasteiger partial charge in [0.25, 0.3) is 0 Å². The van der Waals surface area contributed by atoms with Gasteiger partial charge in [-0.25, -0.2) is 9.37 Å². The number of nitrogens with zero attached hydrogens (tertiary/aromatic N) is 2. The number of aromatic nitrogens is 2. The molecule has 2 aromatic heterocycles. The molecule has 0 N–H and O–H groups in total. The molecule has 0 radical (unpaired) electrons. The maximum absolute atomic E-state index is 13.9. The van der Waals surface area contributed by atoms with Gasteiger partial charge in [-0.3, -0.25) is 0 Å². The predicted molar refractivity (Wildman–Crippen MR) is 86.5 cm³/mol. The molecule has 0 saturated carbocycles. The summed E-state index contributed by atoms with van der Waals surface area (Å²) in [7, 11) is -1.10. The van der Waals surface area contributed by atoms with E-state index < -0.39 is 13.9 Å². The highest BCUT2D eigenvalue weighted by Gasteiger charge is 2.15. The maximum Gasteiger partial charge on any atom is 0.165 e. The minimum absolute atomic E-state index is 0.132. The summed E-state index contributed by atoms with van der Waals surface area (Å²) in [5.74, 6) is -0.398. The van der Waals surface area contributed by atoms with Crippen LogP contribution < -0.4 is 0 Å². The van der Waals surface area contributed by atoms with Gasteiger partial charge in [0.05, 0.1) is 5.52 Å². The van der Waals surface area contributed by atoms with Gasteiger partial charge in [0, 0.05) is 26.3 Å². The number of halogens is 3. The Morgan fingerprint density at radius 2 is 2.15 bits per heavy atom. The standard InChI is InChI=1S/C13H17BrClFN2OSi/c1-20(2,3)7-6-19-8-18-5-4-9-10(16)12(14)17-13(15)11(9)18/h4-5H,6-8H2,1-3H3. The van der Waals surface area contributed by atoms with Crippen LogP contribution in [0.15, 0.2) is 16.9 Å². The Balaban J connectivity index is 2.14. The molecule has 0 saturated heterocycles. The average Bonchev–Trinajstić information content (AvgIpc) is 2.75. The number of fused-ring (bicyclic) bond motifs is 1. The van der Waals surface area contributed by atoms with Crippen LogP contribution in [0.4, 0.5) is 4.39 Å². The molecule has 0 fully saturated rings. The second-order valence-electron chi connectivity index (χ2n) is 5.90. The van der Waals surface area contributed by atoms with Crippen molar-refractivity contribution in [1.82, 2.24) is 9.55 Å². The molecular weight excluding hydrogens is 363 g/mol. The van der Waals surface area contributed by atoms with E-state index in [9.17, 15) is 4.39 Å². The van der Waals surface area contributed by atoms with Crippen LogP contribution in [0, 0.1) is 5.82 Å². The molecule has 0 aliphatic heterocycles. The van der Waals surface area contributed by atoms with Crippen molar-refractivity contribution in [2.75, 3.05) is 6.61 Å². The van der Waals surface area contributed by atoms with Crippen LogP contribution in [0.2, 0.25) is 30.8 Å². The van der Waals surface area contributed by atoms with Gasteiger partial charge in [-0.1, -0.05) is 31.2 Å². The summed E-state index contributed by atoms with van der Waals surface area (Å²) in [5.41, 5.74) is 0.570. The second kappa shape index (κ2) is 6.13. The van der Waals surface area contributed by atoms with E-state index in [2.05, 4.69) is 40.6 Å². The van der Waals surface area contributed by atoms with E-state index in [1.54, 1.807) is 16.8 Å². The van der Waals surface area contributed by atoms with Crippen molar-refractivity contribution in [3.8, 4) is 0 Å². The summed E-state index contributed by atoms with van der Waals surface area (Å²) in [5, 5.41) is 0.720. The van der Waals surface area contributed by atoms with Crippen LogP contribution in [-0.4, -0.2) is 24.2 Å². The Kier molecular flexibility index (Phi) is 4.89. The van der Waals surface area contributed by atoms with Gasteiger partial charge >= 0.3 is 0 Å². The Bertz CT molecular complexity index is 627. The minimum Gasteiger partial charge on any atom is -0.361 e. The lowest BCUT2D eigenvalue weighted by Crippen LogP contribution is -2.22. The highest BCUT2D eigenvalue weighted by molar-refractivity contribution is 9.10.